The van der Waals surface area contributed by atoms with Gasteiger partial charge in [0.1, 0.15) is 0 Å². The number of carbonyl (C=O) groups excluding carboxylic acids is 1. The van der Waals surface area contributed by atoms with Gasteiger partial charge in [-0.25, -0.2) is 0 Å². The van der Waals surface area contributed by atoms with Crippen molar-refractivity contribution in [3.05, 3.63) is 73.1 Å². The second-order valence-electron chi connectivity index (χ2n) is 4.96. The fourth-order valence-corrected chi connectivity index (χ4v) is 3.85. The molecule has 1 fully saturated rings. The lowest BCUT2D eigenvalue weighted by atomic mass is 10.2. The summed E-state index contributed by atoms with van der Waals surface area (Å²) in [5.74, 6) is -0.333. The molecule has 5 nitrogen and oxygen atoms in total. The van der Waals surface area contributed by atoms with Crippen LogP contribution in [0.15, 0.2) is 47.4 Å². The molecule has 0 spiro atoms. The Morgan fingerprint density at radius 3 is 2.64 bits per heavy atom. The van der Waals surface area contributed by atoms with Crippen LogP contribution < -0.4 is 4.90 Å². The number of non-ortho nitro benzene ring substituents is 1. The molecule has 9 heteroatoms. The summed E-state index contributed by atoms with van der Waals surface area (Å²) in [6.45, 7) is 0. The first-order valence-corrected chi connectivity index (χ1v) is 8.82. The Morgan fingerprint density at radius 1 is 1.20 bits per heavy atom. The number of nitrogens with zero attached hydrogens (tertiary/aromatic N) is 2. The maximum atomic E-state index is 12.7. The fourth-order valence-electron chi connectivity index (χ4n) is 2.20. The molecular formula is C16H8Cl2N2O3S2. The van der Waals surface area contributed by atoms with Gasteiger partial charge in [-0.15, -0.1) is 0 Å². The van der Waals surface area contributed by atoms with Crippen molar-refractivity contribution < 1.29 is 9.72 Å². The summed E-state index contributed by atoms with van der Waals surface area (Å²) in [6, 6.07) is 10.8. The van der Waals surface area contributed by atoms with E-state index < -0.39 is 4.92 Å². The van der Waals surface area contributed by atoms with Crippen LogP contribution in [0.3, 0.4) is 0 Å². The van der Waals surface area contributed by atoms with Gasteiger partial charge in [-0.05, 0) is 30.3 Å². The lowest BCUT2D eigenvalue weighted by molar-refractivity contribution is -0.384. The number of hydrogen-bond donors (Lipinski definition) is 0. The van der Waals surface area contributed by atoms with E-state index in [0.29, 0.717) is 30.5 Å². The Kier molecular flexibility index (Phi) is 5.10. The average Bonchev–Trinajstić information content (AvgIpc) is 2.83. The first kappa shape index (κ1) is 17.9. The van der Waals surface area contributed by atoms with Gasteiger partial charge in [-0.2, -0.15) is 0 Å². The van der Waals surface area contributed by atoms with Crippen LogP contribution in [0.25, 0.3) is 6.08 Å². The Labute approximate surface area is 162 Å². The van der Waals surface area contributed by atoms with Crippen LogP contribution in [0.5, 0.6) is 0 Å². The van der Waals surface area contributed by atoms with Crippen LogP contribution in [0.2, 0.25) is 10.0 Å². The minimum Gasteiger partial charge on any atom is -0.268 e. The molecule has 25 heavy (non-hydrogen) atoms. The average molecular weight is 411 g/mol. The Bertz CT molecular complexity index is 947. The van der Waals surface area contributed by atoms with E-state index in [1.807, 2.05) is 0 Å². The predicted octanol–water partition coefficient (Wildman–Crippen LogP) is 5.31. The highest BCUT2D eigenvalue weighted by atomic mass is 35.5. The SMILES string of the molecule is O=C1/C(=C/c2cc([N+](=O)[O-])ccc2Cl)SC(=S)N1c1cccc(Cl)c1. The standard InChI is InChI=1S/C16H8Cl2N2O3S2/c17-10-2-1-3-11(8-10)19-15(21)14(25-16(19)24)7-9-6-12(20(22)23)4-5-13(9)18/h1-8H/b14-7-. The predicted molar refractivity (Wildman–Crippen MR) is 105 cm³/mol. The number of hydrogen-bond acceptors (Lipinski definition) is 5. The van der Waals surface area contributed by atoms with Crippen molar-refractivity contribution in [3.8, 4) is 0 Å². The molecule has 2 aromatic rings. The number of thiocarbonyl (C=S) groups is 1. The number of rotatable bonds is 3. The molecule has 0 saturated carbocycles. The second-order valence-corrected chi connectivity index (χ2v) is 7.48. The smallest absolute Gasteiger partial charge is 0.268 e. The molecule has 1 aliphatic heterocycles. The maximum absolute atomic E-state index is 12.7. The number of anilines is 1. The van der Waals surface area contributed by atoms with Crippen LogP contribution >= 0.6 is 47.2 Å². The molecule has 0 aliphatic carbocycles. The van der Waals surface area contributed by atoms with E-state index in [1.54, 1.807) is 24.3 Å². The van der Waals surface area contributed by atoms with Gasteiger partial charge >= 0.3 is 0 Å². The Morgan fingerprint density at radius 2 is 1.96 bits per heavy atom. The molecule has 2 aromatic carbocycles. The number of thioether (sulfide) groups is 1. The van der Waals surface area contributed by atoms with E-state index >= 15 is 0 Å². The number of nitro benzene ring substituents is 1. The van der Waals surface area contributed by atoms with Gasteiger partial charge in [-0.1, -0.05) is 53.2 Å². The van der Waals surface area contributed by atoms with Crippen molar-refractivity contribution in [3.63, 3.8) is 0 Å². The third-order valence-electron chi connectivity index (χ3n) is 3.34. The molecule has 1 aliphatic rings. The number of nitro groups is 1. The minimum absolute atomic E-state index is 0.110. The zero-order chi connectivity index (χ0) is 18.1. The number of amides is 1. The van der Waals surface area contributed by atoms with Gasteiger partial charge in [0, 0.05) is 27.7 Å². The fraction of sp³-hybridized carbons (Fsp3) is 0. The van der Waals surface area contributed by atoms with E-state index in [1.165, 1.54) is 29.2 Å². The normalized spacial score (nSPS) is 15.9. The molecule has 0 radical (unpaired) electrons. The van der Waals surface area contributed by atoms with E-state index in [-0.39, 0.29) is 11.6 Å². The van der Waals surface area contributed by atoms with Crippen molar-refractivity contribution in [1.82, 2.24) is 0 Å². The summed E-state index contributed by atoms with van der Waals surface area (Å²) in [4.78, 5) is 24.8. The van der Waals surface area contributed by atoms with Crippen molar-refractivity contribution in [1.29, 1.82) is 0 Å². The zero-order valence-corrected chi connectivity index (χ0v) is 15.5. The minimum atomic E-state index is -0.523. The van der Waals surface area contributed by atoms with E-state index in [2.05, 4.69) is 0 Å². The number of benzene rings is 2. The van der Waals surface area contributed by atoms with Gasteiger partial charge in [0.05, 0.1) is 15.5 Å². The highest BCUT2D eigenvalue weighted by Crippen LogP contribution is 2.37. The number of halogens is 2. The van der Waals surface area contributed by atoms with Gasteiger partial charge in [0.25, 0.3) is 11.6 Å². The molecular weight excluding hydrogens is 403 g/mol. The lowest BCUT2D eigenvalue weighted by Crippen LogP contribution is -2.27. The molecule has 1 saturated heterocycles. The number of carbonyl (C=O) groups is 1. The molecule has 0 bridgehead atoms. The highest BCUT2D eigenvalue weighted by Gasteiger charge is 2.33. The van der Waals surface area contributed by atoms with Crippen LogP contribution in [-0.4, -0.2) is 15.2 Å². The lowest BCUT2D eigenvalue weighted by Gasteiger charge is -2.14. The summed E-state index contributed by atoms with van der Waals surface area (Å²) >= 11 is 18.4. The summed E-state index contributed by atoms with van der Waals surface area (Å²) in [5, 5.41) is 11.7. The second kappa shape index (κ2) is 7.13. The summed E-state index contributed by atoms with van der Waals surface area (Å²) in [7, 11) is 0. The third-order valence-corrected chi connectivity index (χ3v) is 5.22. The molecule has 0 aromatic heterocycles. The Hall–Kier alpha value is -1.93. The van der Waals surface area contributed by atoms with Crippen molar-refractivity contribution >= 4 is 74.9 Å². The van der Waals surface area contributed by atoms with E-state index in [0.717, 1.165) is 11.8 Å². The summed E-state index contributed by atoms with van der Waals surface area (Å²) in [5.41, 5.74) is 0.826. The van der Waals surface area contributed by atoms with Gasteiger partial charge in [0.15, 0.2) is 4.32 Å². The molecule has 0 atom stereocenters. The largest absolute Gasteiger partial charge is 0.270 e. The summed E-state index contributed by atoms with van der Waals surface area (Å²) < 4.78 is 0.347. The first-order chi connectivity index (χ1) is 11.9. The third kappa shape index (κ3) is 3.69. The summed E-state index contributed by atoms with van der Waals surface area (Å²) in [6.07, 6.45) is 1.50. The molecule has 0 unspecified atom stereocenters. The molecule has 126 valence electrons. The first-order valence-electron chi connectivity index (χ1n) is 6.84. The molecule has 1 amide bonds. The zero-order valence-electron chi connectivity index (χ0n) is 12.3. The quantitative estimate of drug-likeness (QED) is 0.297. The van der Waals surface area contributed by atoms with Crippen LogP contribution in [0.4, 0.5) is 11.4 Å². The van der Waals surface area contributed by atoms with E-state index in [4.69, 9.17) is 35.4 Å². The van der Waals surface area contributed by atoms with E-state index in [9.17, 15) is 14.9 Å². The molecule has 0 N–H and O–H groups in total. The van der Waals surface area contributed by atoms with Gasteiger partial charge < -0.3 is 0 Å². The molecule has 3 rings (SSSR count). The van der Waals surface area contributed by atoms with Crippen molar-refractivity contribution in [2.45, 2.75) is 0 Å². The van der Waals surface area contributed by atoms with Crippen LogP contribution in [0.1, 0.15) is 5.56 Å². The van der Waals surface area contributed by atoms with Crippen molar-refractivity contribution in [2.24, 2.45) is 0 Å². The Balaban J connectivity index is 1.99. The van der Waals surface area contributed by atoms with Crippen LogP contribution in [-0.2, 0) is 4.79 Å². The highest BCUT2D eigenvalue weighted by molar-refractivity contribution is 8.27. The van der Waals surface area contributed by atoms with Gasteiger partial charge in [-0.3, -0.25) is 19.8 Å². The van der Waals surface area contributed by atoms with Crippen molar-refractivity contribution in [2.75, 3.05) is 4.90 Å². The monoisotopic (exact) mass is 410 g/mol. The van der Waals surface area contributed by atoms with Crippen LogP contribution in [0, 0.1) is 10.1 Å². The topological polar surface area (TPSA) is 63.4 Å². The van der Waals surface area contributed by atoms with Gasteiger partial charge in [0.2, 0.25) is 0 Å². The maximum Gasteiger partial charge on any atom is 0.270 e. The molecule has 1 heterocycles.